The minimum absolute atomic E-state index is 0.363. The fourth-order valence-electron chi connectivity index (χ4n) is 1.63. The van der Waals surface area contributed by atoms with Crippen LogP contribution < -0.4 is 5.32 Å². The molecule has 0 spiro atoms. The van der Waals surface area contributed by atoms with Crippen LogP contribution in [0.15, 0.2) is 5.38 Å². The molecule has 0 aromatic carbocycles. The van der Waals surface area contributed by atoms with E-state index in [1.54, 1.807) is 11.3 Å². The number of thiazole rings is 1. The van der Waals surface area contributed by atoms with Gasteiger partial charge in [-0.25, -0.2) is 4.98 Å². The highest BCUT2D eigenvalue weighted by Crippen LogP contribution is 2.45. The van der Waals surface area contributed by atoms with Crippen molar-refractivity contribution in [1.82, 2.24) is 10.3 Å². The summed E-state index contributed by atoms with van der Waals surface area (Å²) in [5, 5.41) is 14.5. The molecule has 2 rings (SSSR count). The van der Waals surface area contributed by atoms with Crippen LogP contribution in [0.4, 0.5) is 0 Å². The molecule has 0 atom stereocenters. The highest BCUT2D eigenvalue weighted by atomic mass is 32.1. The molecular formula is C11H14N2O3S. The Bertz CT molecular complexity index is 451. The van der Waals surface area contributed by atoms with Crippen LogP contribution in [0.2, 0.25) is 0 Å². The third-order valence-electron chi connectivity index (χ3n) is 2.89. The van der Waals surface area contributed by atoms with Gasteiger partial charge in [0.2, 0.25) is 5.91 Å². The molecular weight excluding hydrogens is 240 g/mol. The average molecular weight is 254 g/mol. The second kappa shape index (κ2) is 4.44. The van der Waals surface area contributed by atoms with Crippen molar-refractivity contribution in [2.24, 2.45) is 5.41 Å². The normalized spacial score (nSPS) is 16.5. The molecule has 92 valence electrons. The number of aryl methyl sites for hydroxylation is 1. The van der Waals surface area contributed by atoms with Crippen LogP contribution in [0.25, 0.3) is 0 Å². The molecule has 1 heterocycles. The standard InChI is InChI=1S/C11H14N2O3S/c1-7-6-17-8(13-7)2-5-12-9(14)11(3-4-11)10(15)16/h6H,2-5H2,1H3,(H,12,14)(H,15,16). The first-order valence-corrected chi connectivity index (χ1v) is 6.35. The summed E-state index contributed by atoms with van der Waals surface area (Å²) in [6.07, 6.45) is 1.55. The first-order chi connectivity index (χ1) is 8.04. The Morgan fingerprint density at radius 3 is 2.76 bits per heavy atom. The van der Waals surface area contributed by atoms with Gasteiger partial charge in [-0.3, -0.25) is 9.59 Å². The van der Waals surface area contributed by atoms with Gasteiger partial charge in [0.25, 0.3) is 0 Å². The molecule has 17 heavy (non-hydrogen) atoms. The minimum atomic E-state index is -1.14. The number of rotatable bonds is 5. The van der Waals surface area contributed by atoms with E-state index < -0.39 is 11.4 Å². The molecule has 1 amide bonds. The average Bonchev–Trinajstić information content (AvgIpc) is 2.99. The molecule has 1 fully saturated rings. The van der Waals surface area contributed by atoms with Gasteiger partial charge in [-0.15, -0.1) is 11.3 Å². The second-order valence-corrected chi connectivity index (χ2v) is 5.22. The number of carboxylic acid groups (broad SMARTS) is 1. The Hall–Kier alpha value is -1.43. The molecule has 0 unspecified atom stereocenters. The fourth-order valence-corrected chi connectivity index (χ4v) is 2.41. The van der Waals surface area contributed by atoms with E-state index in [2.05, 4.69) is 10.3 Å². The molecule has 1 saturated carbocycles. The molecule has 0 radical (unpaired) electrons. The Balaban J connectivity index is 1.79. The Morgan fingerprint density at radius 2 is 2.29 bits per heavy atom. The maximum Gasteiger partial charge on any atom is 0.319 e. The molecule has 0 aliphatic heterocycles. The van der Waals surface area contributed by atoms with E-state index in [1.807, 2.05) is 12.3 Å². The monoisotopic (exact) mass is 254 g/mol. The van der Waals surface area contributed by atoms with Gasteiger partial charge in [-0.05, 0) is 19.8 Å². The summed E-state index contributed by atoms with van der Waals surface area (Å²) in [7, 11) is 0. The second-order valence-electron chi connectivity index (χ2n) is 4.28. The van der Waals surface area contributed by atoms with Crippen molar-refractivity contribution in [3.63, 3.8) is 0 Å². The fraction of sp³-hybridized carbons (Fsp3) is 0.545. The van der Waals surface area contributed by atoms with Gasteiger partial charge in [0.05, 0.1) is 5.01 Å². The lowest BCUT2D eigenvalue weighted by atomic mass is 10.1. The van der Waals surface area contributed by atoms with Gasteiger partial charge >= 0.3 is 5.97 Å². The third-order valence-corrected chi connectivity index (χ3v) is 3.91. The predicted molar refractivity (Wildman–Crippen MR) is 62.9 cm³/mol. The quantitative estimate of drug-likeness (QED) is 0.767. The summed E-state index contributed by atoms with van der Waals surface area (Å²) < 4.78 is 0. The highest BCUT2D eigenvalue weighted by molar-refractivity contribution is 7.09. The van der Waals surface area contributed by atoms with Gasteiger partial charge in [0.15, 0.2) is 0 Å². The molecule has 0 bridgehead atoms. The van der Waals surface area contributed by atoms with Gasteiger partial charge in [-0.2, -0.15) is 0 Å². The first-order valence-electron chi connectivity index (χ1n) is 5.47. The van der Waals surface area contributed by atoms with Crippen molar-refractivity contribution in [1.29, 1.82) is 0 Å². The number of carbonyl (C=O) groups excluding carboxylic acids is 1. The summed E-state index contributed by atoms with van der Waals surface area (Å²) in [6.45, 7) is 2.36. The Kier molecular flexibility index (Phi) is 3.15. The van der Waals surface area contributed by atoms with Crippen LogP contribution in [0.1, 0.15) is 23.5 Å². The number of nitrogens with zero attached hydrogens (tertiary/aromatic N) is 1. The van der Waals surface area contributed by atoms with E-state index >= 15 is 0 Å². The number of nitrogens with one attached hydrogen (secondary N) is 1. The lowest BCUT2D eigenvalue weighted by molar-refractivity contribution is -0.149. The van der Waals surface area contributed by atoms with Gasteiger partial charge in [-0.1, -0.05) is 0 Å². The number of aliphatic carboxylic acids is 1. The first kappa shape index (κ1) is 12.0. The maximum atomic E-state index is 11.7. The minimum Gasteiger partial charge on any atom is -0.480 e. The van der Waals surface area contributed by atoms with Crippen molar-refractivity contribution in [2.45, 2.75) is 26.2 Å². The molecule has 1 aromatic rings. The molecule has 5 nitrogen and oxygen atoms in total. The topological polar surface area (TPSA) is 79.3 Å². The van der Waals surface area contributed by atoms with Gasteiger partial charge in [0.1, 0.15) is 5.41 Å². The van der Waals surface area contributed by atoms with Crippen LogP contribution in [-0.2, 0) is 16.0 Å². The van der Waals surface area contributed by atoms with E-state index in [9.17, 15) is 9.59 Å². The number of hydrogen-bond donors (Lipinski definition) is 2. The van der Waals surface area contributed by atoms with Crippen LogP contribution in [-0.4, -0.2) is 28.5 Å². The predicted octanol–water partition coefficient (Wildman–Crippen LogP) is 0.975. The van der Waals surface area contributed by atoms with Crippen LogP contribution >= 0.6 is 11.3 Å². The summed E-state index contributed by atoms with van der Waals surface area (Å²) >= 11 is 1.55. The molecule has 1 aliphatic carbocycles. The van der Waals surface area contributed by atoms with E-state index in [4.69, 9.17) is 5.11 Å². The zero-order chi connectivity index (χ0) is 12.5. The lowest BCUT2D eigenvalue weighted by Gasteiger charge is -2.09. The smallest absolute Gasteiger partial charge is 0.319 e. The number of carboxylic acids is 1. The number of amides is 1. The van der Waals surface area contributed by atoms with Crippen molar-refractivity contribution < 1.29 is 14.7 Å². The summed E-state index contributed by atoms with van der Waals surface area (Å²) in [6, 6.07) is 0. The van der Waals surface area contributed by atoms with Crippen molar-refractivity contribution >= 4 is 23.2 Å². The van der Waals surface area contributed by atoms with Crippen LogP contribution in [0.5, 0.6) is 0 Å². The van der Waals surface area contributed by atoms with Crippen molar-refractivity contribution in [3.05, 3.63) is 16.1 Å². The number of hydrogen-bond acceptors (Lipinski definition) is 4. The lowest BCUT2D eigenvalue weighted by Crippen LogP contribution is -2.37. The van der Waals surface area contributed by atoms with Crippen molar-refractivity contribution in [3.8, 4) is 0 Å². The number of carbonyl (C=O) groups is 2. The van der Waals surface area contributed by atoms with Crippen molar-refractivity contribution in [2.75, 3.05) is 6.54 Å². The summed E-state index contributed by atoms with van der Waals surface area (Å²) in [5.74, 6) is -1.38. The summed E-state index contributed by atoms with van der Waals surface area (Å²) in [4.78, 5) is 26.8. The molecule has 1 aliphatic rings. The van der Waals surface area contributed by atoms with E-state index in [0.717, 1.165) is 10.7 Å². The van der Waals surface area contributed by atoms with E-state index in [1.165, 1.54) is 0 Å². The highest BCUT2D eigenvalue weighted by Gasteiger charge is 2.56. The molecule has 6 heteroatoms. The molecule has 1 aromatic heterocycles. The molecule has 0 saturated heterocycles. The van der Waals surface area contributed by atoms with E-state index in [-0.39, 0.29) is 5.91 Å². The Labute approximate surface area is 103 Å². The van der Waals surface area contributed by atoms with Crippen LogP contribution in [0, 0.1) is 12.3 Å². The zero-order valence-electron chi connectivity index (χ0n) is 9.52. The number of aromatic nitrogens is 1. The molecule has 2 N–H and O–H groups in total. The Morgan fingerprint density at radius 1 is 1.59 bits per heavy atom. The third kappa shape index (κ3) is 2.46. The van der Waals surface area contributed by atoms with Gasteiger partial charge < -0.3 is 10.4 Å². The summed E-state index contributed by atoms with van der Waals surface area (Å²) in [5.41, 5.74) is -0.167. The van der Waals surface area contributed by atoms with E-state index in [0.29, 0.717) is 25.8 Å². The largest absolute Gasteiger partial charge is 0.480 e. The SMILES string of the molecule is Cc1csc(CCNC(=O)C2(C(=O)O)CC2)n1. The zero-order valence-corrected chi connectivity index (χ0v) is 10.3. The van der Waals surface area contributed by atoms with Gasteiger partial charge in [0, 0.05) is 24.0 Å². The van der Waals surface area contributed by atoms with Crippen LogP contribution in [0.3, 0.4) is 0 Å². The maximum absolute atomic E-state index is 11.7.